The molecule has 2 heterocycles. The van der Waals surface area contributed by atoms with E-state index in [1.807, 2.05) is 6.07 Å². The molecule has 0 unspecified atom stereocenters. The maximum absolute atomic E-state index is 13.1. The van der Waals surface area contributed by atoms with E-state index in [2.05, 4.69) is 20.4 Å². The van der Waals surface area contributed by atoms with Crippen LogP contribution in [0.15, 0.2) is 54.6 Å². The van der Waals surface area contributed by atoms with Crippen LogP contribution >= 0.6 is 0 Å². The SMILES string of the molecule is O=C(Nc1cccc(-c2ccc(N3CCCCCC3)nn2)c1)c1cc(C(F)(F)F)cc(C(F)(F)F)c1. The second kappa shape index (κ2) is 10.2. The molecule has 0 atom stereocenters. The van der Waals surface area contributed by atoms with E-state index in [0.717, 1.165) is 31.7 Å². The number of nitrogens with zero attached hydrogens (tertiary/aromatic N) is 3. The number of benzene rings is 2. The summed E-state index contributed by atoms with van der Waals surface area (Å²) in [7, 11) is 0. The summed E-state index contributed by atoms with van der Waals surface area (Å²) in [6.07, 6.45) is -5.57. The molecule has 5 nitrogen and oxygen atoms in total. The lowest BCUT2D eigenvalue weighted by Crippen LogP contribution is -2.25. The Labute approximate surface area is 203 Å². The molecule has 1 saturated heterocycles. The second-order valence-corrected chi connectivity index (χ2v) is 8.51. The van der Waals surface area contributed by atoms with Crippen molar-refractivity contribution >= 4 is 17.4 Å². The Bertz CT molecular complexity index is 1180. The Morgan fingerprint density at radius 3 is 1.97 bits per heavy atom. The van der Waals surface area contributed by atoms with Crippen LogP contribution in [0.5, 0.6) is 0 Å². The summed E-state index contributed by atoms with van der Waals surface area (Å²) in [4.78, 5) is 14.8. The zero-order chi connectivity index (χ0) is 25.9. The third-order valence-electron chi connectivity index (χ3n) is 5.85. The summed E-state index contributed by atoms with van der Waals surface area (Å²) in [5.41, 5.74) is -2.62. The van der Waals surface area contributed by atoms with Crippen LogP contribution in [0.3, 0.4) is 0 Å². The van der Waals surface area contributed by atoms with Crippen LogP contribution in [0, 0.1) is 0 Å². The van der Waals surface area contributed by atoms with Gasteiger partial charge >= 0.3 is 12.4 Å². The summed E-state index contributed by atoms with van der Waals surface area (Å²) in [5, 5.41) is 10.9. The molecule has 3 aromatic rings. The lowest BCUT2D eigenvalue weighted by Gasteiger charge is -2.20. The monoisotopic (exact) mass is 508 g/mol. The molecule has 4 rings (SSSR count). The Morgan fingerprint density at radius 1 is 0.778 bits per heavy atom. The zero-order valence-electron chi connectivity index (χ0n) is 19.0. The lowest BCUT2D eigenvalue weighted by molar-refractivity contribution is -0.143. The van der Waals surface area contributed by atoms with Crippen LogP contribution in [-0.2, 0) is 12.4 Å². The van der Waals surface area contributed by atoms with Crippen molar-refractivity contribution in [1.82, 2.24) is 10.2 Å². The molecule has 0 spiro atoms. The number of aromatic nitrogens is 2. The van der Waals surface area contributed by atoms with Crippen LogP contribution in [-0.4, -0.2) is 29.2 Å². The topological polar surface area (TPSA) is 58.1 Å². The highest BCUT2D eigenvalue weighted by Crippen LogP contribution is 2.36. The highest BCUT2D eigenvalue weighted by molar-refractivity contribution is 6.04. The van der Waals surface area contributed by atoms with Crippen molar-refractivity contribution in [3.8, 4) is 11.3 Å². The van der Waals surface area contributed by atoms with Gasteiger partial charge in [-0.25, -0.2) is 0 Å². The van der Waals surface area contributed by atoms with E-state index in [1.54, 1.807) is 18.2 Å². The van der Waals surface area contributed by atoms with Crippen molar-refractivity contribution in [3.63, 3.8) is 0 Å². The number of alkyl halides is 6. The smallest absolute Gasteiger partial charge is 0.355 e. The number of amides is 1. The van der Waals surface area contributed by atoms with E-state index in [1.165, 1.54) is 25.0 Å². The largest absolute Gasteiger partial charge is 0.416 e. The maximum atomic E-state index is 13.1. The third-order valence-corrected chi connectivity index (χ3v) is 5.85. The first-order valence-corrected chi connectivity index (χ1v) is 11.3. The molecule has 36 heavy (non-hydrogen) atoms. The number of rotatable bonds is 4. The molecule has 1 aliphatic rings. The van der Waals surface area contributed by atoms with Gasteiger partial charge in [-0.1, -0.05) is 25.0 Å². The van der Waals surface area contributed by atoms with Crippen molar-refractivity contribution in [2.24, 2.45) is 0 Å². The predicted molar refractivity (Wildman–Crippen MR) is 123 cm³/mol. The fraction of sp³-hybridized carbons (Fsp3) is 0.320. The number of hydrogen-bond acceptors (Lipinski definition) is 4. The fourth-order valence-corrected chi connectivity index (χ4v) is 3.99. The van der Waals surface area contributed by atoms with Gasteiger partial charge in [0.1, 0.15) is 0 Å². The van der Waals surface area contributed by atoms with Gasteiger partial charge in [-0.2, -0.15) is 26.3 Å². The molecule has 190 valence electrons. The van der Waals surface area contributed by atoms with Crippen molar-refractivity contribution < 1.29 is 31.1 Å². The van der Waals surface area contributed by atoms with E-state index >= 15 is 0 Å². The van der Waals surface area contributed by atoms with E-state index in [9.17, 15) is 31.1 Å². The Morgan fingerprint density at radius 2 is 1.42 bits per heavy atom. The first-order valence-electron chi connectivity index (χ1n) is 11.3. The molecule has 1 fully saturated rings. The molecule has 1 aromatic heterocycles. The van der Waals surface area contributed by atoms with Crippen molar-refractivity contribution in [2.45, 2.75) is 38.0 Å². The first-order chi connectivity index (χ1) is 17.0. The minimum atomic E-state index is -5.05. The normalized spacial score (nSPS) is 14.9. The van der Waals surface area contributed by atoms with Crippen molar-refractivity contribution in [2.75, 3.05) is 23.3 Å². The highest BCUT2D eigenvalue weighted by atomic mass is 19.4. The summed E-state index contributed by atoms with van der Waals surface area (Å²) in [6.45, 7) is 1.81. The Hall–Kier alpha value is -3.63. The highest BCUT2D eigenvalue weighted by Gasteiger charge is 2.37. The van der Waals surface area contributed by atoms with Crippen molar-refractivity contribution in [3.05, 3.63) is 71.3 Å². The number of hydrogen-bond donors (Lipinski definition) is 1. The number of carbonyl (C=O) groups excluding carboxylic acids is 1. The van der Waals surface area contributed by atoms with Crippen molar-refractivity contribution in [1.29, 1.82) is 0 Å². The molecule has 2 aromatic carbocycles. The molecule has 0 radical (unpaired) electrons. The summed E-state index contributed by atoms with van der Waals surface area (Å²) in [6, 6.07) is 10.7. The second-order valence-electron chi connectivity index (χ2n) is 8.51. The first kappa shape index (κ1) is 25.5. The molecule has 1 amide bonds. The fourth-order valence-electron chi connectivity index (χ4n) is 3.99. The number of carbonyl (C=O) groups is 1. The van der Waals surface area contributed by atoms with Gasteiger partial charge < -0.3 is 10.2 Å². The van der Waals surface area contributed by atoms with Crippen LogP contribution in [0.1, 0.15) is 47.2 Å². The van der Waals surface area contributed by atoms with E-state index in [0.29, 0.717) is 23.4 Å². The molecule has 0 saturated carbocycles. The average Bonchev–Trinajstić information content (AvgIpc) is 3.13. The van der Waals surface area contributed by atoms with E-state index in [4.69, 9.17) is 0 Å². The molecule has 11 heteroatoms. The summed E-state index contributed by atoms with van der Waals surface area (Å²) >= 11 is 0. The van der Waals surface area contributed by atoms with E-state index < -0.39 is 35.0 Å². The molecule has 1 N–H and O–H groups in total. The average molecular weight is 508 g/mol. The predicted octanol–water partition coefficient (Wildman–Crippen LogP) is 6.81. The van der Waals surface area contributed by atoms with Crippen LogP contribution in [0.25, 0.3) is 11.3 Å². The molecule has 0 bridgehead atoms. The van der Waals surface area contributed by atoms with Gasteiger partial charge in [-0.3, -0.25) is 4.79 Å². The zero-order valence-corrected chi connectivity index (χ0v) is 19.0. The standard InChI is InChI=1S/C25H22F6N4O/c26-24(27,28)18-12-17(13-19(15-18)25(29,30)31)23(36)32-20-7-5-6-16(14-20)21-8-9-22(34-33-21)35-10-3-1-2-4-11-35/h5-9,12-15H,1-4,10-11H2,(H,32,36). The molecule has 1 aliphatic heterocycles. The quantitative estimate of drug-likeness (QED) is 0.393. The van der Waals surface area contributed by atoms with Gasteiger partial charge in [-0.15, -0.1) is 10.2 Å². The van der Waals surface area contributed by atoms with Gasteiger partial charge in [0.05, 0.1) is 16.8 Å². The third kappa shape index (κ3) is 6.13. The van der Waals surface area contributed by atoms with Crippen LogP contribution in [0.4, 0.5) is 37.8 Å². The number of nitrogens with one attached hydrogen (secondary N) is 1. The number of halogens is 6. The Balaban J connectivity index is 1.54. The van der Waals surface area contributed by atoms with Gasteiger partial charge in [-0.05, 0) is 55.3 Å². The number of anilines is 2. The van der Waals surface area contributed by atoms with Crippen LogP contribution < -0.4 is 10.2 Å². The van der Waals surface area contributed by atoms with E-state index in [-0.39, 0.29) is 11.8 Å². The molecule has 0 aliphatic carbocycles. The summed E-state index contributed by atoms with van der Waals surface area (Å²) < 4.78 is 78.7. The van der Waals surface area contributed by atoms with Gasteiger partial charge in [0, 0.05) is 29.9 Å². The Kier molecular flexibility index (Phi) is 7.18. The van der Waals surface area contributed by atoms with Crippen LogP contribution in [0.2, 0.25) is 0 Å². The summed E-state index contributed by atoms with van der Waals surface area (Å²) in [5.74, 6) is -0.346. The lowest BCUT2D eigenvalue weighted by atomic mass is 10.0. The van der Waals surface area contributed by atoms with Gasteiger partial charge in [0.15, 0.2) is 5.82 Å². The molecular formula is C25H22F6N4O. The molecular weight excluding hydrogens is 486 g/mol. The minimum absolute atomic E-state index is 0.0225. The minimum Gasteiger partial charge on any atom is -0.355 e. The van der Waals surface area contributed by atoms with Gasteiger partial charge in [0.2, 0.25) is 0 Å². The maximum Gasteiger partial charge on any atom is 0.416 e. The van der Waals surface area contributed by atoms with Gasteiger partial charge in [0.25, 0.3) is 5.91 Å².